The Kier molecular flexibility index (Phi) is 13.1. The highest BCUT2D eigenvalue weighted by atomic mass is 79.9. The molecule has 0 unspecified atom stereocenters. The molecule has 12 heteroatoms. The minimum absolute atomic E-state index is 0. The Bertz CT molecular complexity index is 829. The number of pyridine rings is 2. The van der Waals surface area contributed by atoms with Gasteiger partial charge in [-0.05, 0) is 56.1 Å². The number of esters is 2. The first-order valence-corrected chi connectivity index (χ1v) is 11.3. The van der Waals surface area contributed by atoms with Crippen molar-refractivity contribution in [2.75, 3.05) is 45.3 Å². The predicted molar refractivity (Wildman–Crippen MR) is 132 cm³/mol. The van der Waals surface area contributed by atoms with Crippen LogP contribution >= 0.6 is 55.9 Å². The molecule has 1 N–H and O–H groups in total. The van der Waals surface area contributed by atoms with E-state index < -0.39 is 0 Å². The average Bonchev–Trinajstić information content (AvgIpc) is 2.70. The monoisotopic (exact) mass is 612 g/mol. The Morgan fingerprint density at radius 1 is 0.969 bits per heavy atom. The summed E-state index contributed by atoms with van der Waals surface area (Å²) < 4.78 is 11.0. The van der Waals surface area contributed by atoms with Gasteiger partial charge in [0.05, 0.1) is 26.1 Å². The first-order valence-electron chi connectivity index (χ1n) is 9.34. The SMILES string of the molecule is COC(=O)C1CN(c2ccc(Br)cn2)C1.COC(=O)C1CNC1.Cl.Clc1ccc(Br)cn1. The standard InChI is InChI=1S/C10H11BrN2O2.C5H3BrClN.C5H9NO2.ClH/c1-15-10(14)7-5-13(6-7)9-3-2-8(11)4-12-9;6-4-1-2-5(7)8-3-4;1-8-5(7)4-2-6-3-4;/h2-4,7H,5-6H2,1H3;1-3H;4,6H,2-3H2,1H3;1H. The molecule has 2 aromatic heterocycles. The van der Waals surface area contributed by atoms with Gasteiger partial charge in [-0.1, -0.05) is 11.6 Å². The Labute approximate surface area is 215 Å². The van der Waals surface area contributed by atoms with Gasteiger partial charge in [-0.15, -0.1) is 12.4 Å². The van der Waals surface area contributed by atoms with Crippen LogP contribution < -0.4 is 10.2 Å². The lowest BCUT2D eigenvalue weighted by atomic mass is 10.0. The van der Waals surface area contributed by atoms with Crippen LogP contribution in [0.3, 0.4) is 0 Å². The van der Waals surface area contributed by atoms with Crippen molar-refractivity contribution in [3.63, 3.8) is 0 Å². The lowest BCUT2D eigenvalue weighted by Gasteiger charge is -2.38. The molecule has 0 saturated carbocycles. The lowest BCUT2D eigenvalue weighted by molar-refractivity contribution is -0.147. The molecule has 32 heavy (non-hydrogen) atoms. The van der Waals surface area contributed by atoms with E-state index in [0.29, 0.717) is 18.2 Å². The van der Waals surface area contributed by atoms with Crippen molar-refractivity contribution in [2.24, 2.45) is 11.8 Å². The molecule has 8 nitrogen and oxygen atoms in total. The Morgan fingerprint density at radius 3 is 1.84 bits per heavy atom. The third-order valence-electron chi connectivity index (χ3n) is 4.46. The summed E-state index contributed by atoms with van der Waals surface area (Å²) >= 11 is 12.0. The molecule has 0 aromatic carbocycles. The van der Waals surface area contributed by atoms with Crippen molar-refractivity contribution in [1.82, 2.24) is 15.3 Å². The quantitative estimate of drug-likeness (QED) is 0.413. The number of methoxy groups -OCH3 is 2. The number of nitrogens with one attached hydrogen (secondary N) is 1. The highest BCUT2D eigenvalue weighted by Crippen LogP contribution is 2.24. The number of carbonyl (C=O) groups excluding carboxylic acids is 2. The van der Waals surface area contributed by atoms with Gasteiger partial charge in [-0.2, -0.15) is 0 Å². The zero-order valence-corrected chi connectivity index (χ0v) is 22.2. The van der Waals surface area contributed by atoms with Gasteiger partial charge in [0.2, 0.25) is 0 Å². The molecule has 4 rings (SSSR count). The maximum Gasteiger partial charge on any atom is 0.312 e. The van der Waals surface area contributed by atoms with Crippen LogP contribution in [0.2, 0.25) is 5.15 Å². The predicted octanol–water partition coefficient (Wildman–Crippen LogP) is 3.75. The van der Waals surface area contributed by atoms with E-state index in [-0.39, 0.29) is 36.2 Å². The van der Waals surface area contributed by atoms with Crippen LogP contribution in [0.15, 0.2) is 45.6 Å². The van der Waals surface area contributed by atoms with E-state index in [4.69, 9.17) is 11.6 Å². The van der Waals surface area contributed by atoms with Crippen molar-refractivity contribution < 1.29 is 19.1 Å². The number of halogens is 4. The van der Waals surface area contributed by atoms with Crippen LogP contribution in [0.25, 0.3) is 0 Å². The van der Waals surface area contributed by atoms with E-state index in [0.717, 1.165) is 27.9 Å². The molecule has 2 aliphatic heterocycles. The minimum atomic E-state index is -0.136. The number of carbonyl (C=O) groups is 2. The van der Waals surface area contributed by atoms with Crippen LogP contribution in [0.1, 0.15) is 0 Å². The average molecular weight is 615 g/mol. The highest BCUT2D eigenvalue weighted by molar-refractivity contribution is 9.10. The summed E-state index contributed by atoms with van der Waals surface area (Å²) in [5, 5.41) is 3.50. The maximum atomic E-state index is 11.1. The van der Waals surface area contributed by atoms with E-state index in [9.17, 15) is 9.59 Å². The van der Waals surface area contributed by atoms with E-state index in [1.165, 1.54) is 14.2 Å². The fourth-order valence-electron chi connectivity index (χ4n) is 2.52. The minimum Gasteiger partial charge on any atom is -0.469 e. The number of anilines is 1. The summed E-state index contributed by atoms with van der Waals surface area (Å²) in [6.07, 6.45) is 3.41. The van der Waals surface area contributed by atoms with Crippen LogP contribution in [0, 0.1) is 11.8 Å². The van der Waals surface area contributed by atoms with E-state index in [1.807, 2.05) is 23.1 Å². The second-order valence-corrected chi connectivity index (χ2v) is 8.86. The number of nitrogens with zero attached hydrogens (tertiary/aromatic N) is 3. The molecule has 2 aliphatic rings. The Morgan fingerprint density at radius 2 is 1.50 bits per heavy atom. The first kappa shape index (κ1) is 28.6. The van der Waals surface area contributed by atoms with Crippen LogP contribution in [0.5, 0.6) is 0 Å². The fourth-order valence-corrected chi connectivity index (χ4v) is 3.10. The third-order valence-corrected chi connectivity index (χ3v) is 5.62. The van der Waals surface area contributed by atoms with Gasteiger partial charge in [-0.3, -0.25) is 9.59 Å². The van der Waals surface area contributed by atoms with Crippen molar-refractivity contribution >= 4 is 73.6 Å². The van der Waals surface area contributed by atoms with Crippen molar-refractivity contribution in [3.05, 3.63) is 50.8 Å². The van der Waals surface area contributed by atoms with Gasteiger partial charge in [0.25, 0.3) is 0 Å². The number of hydrogen-bond donors (Lipinski definition) is 1. The number of aromatic nitrogens is 2. The summed E-state index contributed by atoms with van der Waals surface area (Å²) in [5.41, 5.74) is 0. The van der Waals surface area contributed by atoms with Crippen LogP contribution in [0.4, 0.5) is 5.82 Å². The molecule has 4 heterocycles. The summed E-state index contributed by atoms with van der Waals surface area (Å²) in [5.74, 6) is 0.797. The van der Waals surface area contributed by atoms with Crippen molar-refractivity contribution in [3.8, 4) is 0 Å². The summed E-state index contributed by atoms with van der Waals surface area (Å²) in [4.78, 5) is 31.8. The maximum absolute atomic E-state index is 11.1. The largest absolute Gasteiger partial charge is 0.469 e. The topological polar surface area (TPSA) is 93.6 Å². The molecular weight excluding hydrogens is 591 g/mol. The van der Waals surface area contributed by atoms with Gasteiger partial charge >= 0.3 is 11.9 Å². The molecular formula is C20H24Br2Cl2N4O4. The number of rotatable bonds is 3. The van der Waals surface area contributed by atoms with Crippen molar-refractivity contribution in [1.29, 1.82) is 0 Å². The highest BCUT2D eigenvalue weighted by Gasteiger charge is 2.34. The zero-order chi connectivity index (χ0) is 22.8. The molecule has 0 bridgehead atoms. The fraction of sp³-hybridized carbons (Fsp3) is 0.400. The molecule has 2 saturated heterocycles. The number of hydrogen-bond acceptors (Lipinski definition) is 8. The first-order chi connectivity index (χ1) is 14.8. The van der Waals surface area contributed by atoms with Crippen LogP contribution in [-0.2, 0) is 19.1 Å². The molecule has 0 atom stereocenters. The second kappa shape index (κ2) is 14.6. The molecule has 0 spiro atoms. The van der Waals surface area contributed by atoms with Gasteiger partial charge in [0.1, 0.15) is 11.0 Å². The summed E-state index contributed by atoms with van der Waals surface area (Å²) in [6.45, 7) is 2.96. The third kappa shape index (κ3) is 9.19. The second-order valence-electron chi connectivity index (χ2n) is 6.64. The van der Waals surface area contributed by atoms with E-state index in [2.05, 4.69) is 56.6 Å². The normalized spacial score (nSPS) is 14.7. The molecule has 2 fully saturated rings. The molecule has 0 amide bonds. The molecule has 0 radical (unpaired) electrons. The van der Waals surface area contributed by atoms with Crippen LogP contribution in [-0.4, -0.2) is 62.3 Å². The molecule has 0 aliphatic carbocycles. The Balaban J connectivity index is 0.000000257. The smallest absolute Gasteiger partial charge is 0.312 e. The van der Waals surface area contributed by atoms with E-state index in [1.54, 1.807) is 18.5 Å². The summed E-state index contributed by atoms with van der Waals surface area (Å²) in [7, 11) is 2.84. The van der Waals surface area contributed by atoms with Gasteiger partial charge in [0, 0.05) is 47.5 Å². The van der Waals surface area contributed by atoms with Gasteiger partial charge < -0.3 is 19.7 Å². The van der Waals surface area contributed by atoms with E-state index >= 15 is 0 Å². The van der Waals surface area contributed by atoms with Gasteiger partial charge in [0.15, 0.2) is 0 Å². The lowest BCUT2D eigenvalue weighted by Crippen LogP contribution is -2.51. The molecule has 2 aromatic rings. The van der Waals surface area contributed by atoms with Gasteiger partial charge in [-0.25, -0.2) is 9.97 Å². The summed E-state index contributed by atoms with van der Waals surface area (Å²) in [6, 6.07) is 7.44. The Hall–Kier alpha value is -1.46. The van der Waals surface area contributed by atoms with Crippen molar-refractivity contribution in [2.45, 2.75) is 0 Å². The zero-order valence-electron chi connectivity index (χ0n) is 17.5. The molecule has 176 valence electrons. The number of ether oxygens (including phenoxy) is 2.